The number of ether oxygens (including phenoxy) is 1. The van der Waals surface area contributed by atoms with Crippen LogP contribution in [0, 0.1) is 0 Å². The molecule has 5 nitrogen and oxygen atoms in total. The van der Waals surface area contributed by atoms with Crippen molar-refractivity contribution in [2.45, 2.75) is 0 Å². The summed E-state index contributed by atoms with van der Waals surface area (Å²) in [5.74, 6) is 0.602. The van der Waals surface area contributed by atoms with E-state index in [4.69, 9.17) is 16.3 Å². The third-order valence-electron chi connectivity index (χ3n) is 1.92. The van der Waals surface area contributed by atoms with Crippen molar-refractivity contribution in [2.24, 2.45) is 0 Å². The van der Waals surface area contributed by atoms with Crippen LogP contribution in [0.3, 0.4) is 0 Å². The molecule has 1 N–H and O–H groups in total. The summed E-state index contributed by atoms with van der Waals surface area (Å²) >= 11 is 6.91. The summed E-state index contributed by atoms with van der Waals surface area (Å²) in [6.45, 7) is 0. The number of halogens is 1. The summed E-state index contributed by atoms with van der Waals surface area (Å²) in [6, 6.07) is 3.29. The van der Waals surface area contributed by atoms with Crippen LogP contribution >= 0.6 is 22.9 Å². The number of nitrogens with zero attached hydrogens (tertiary/aromatic N) is 2. The SMILES string of the molecule is COc1ccsc1C(=O)Nc1ccnc(Cl)n1. The zero-order valence-electron chi connectivity index (χ0n) is 8.81. The van der Waals surface area contributed by atoms with E-state index >= 15 is 0 Å². The van der Waals surface area contributed by atoms with Crippen LogP contribution in [0.25, 0.3) is 0 Å². The number of aromatic nitrogens is 2. The summed E-state index contributed by atoms with van der Waals surface area (Å²) in [7, 11) is 1.51. The van der Waals surface area contributed by atoms with Gasteiger partial charge in [0.15, 0.2) is 0 Å². The Bertz CT molecular complexity index is 544. The maximum absolute atomic E-state index is 11.9. The lowest BCUT2D eigenvalue weighted by molar-refractivity contribution is 0.102. The van der Waals surface area contributed by atoms with Crippen molar-refractivity contribution in [3.63, 3.8) is 0 Å². The van der Waals surface area contributed by atoms with Gasteiger partial charge in [0.25, 0.3) is 5.91 Å². The average molecular weight is 270 g/mol. The molecular weight excluding hydrogens is 262 g/mol. The summed E-state index contributed by atoms with van der Waals surface area (Å²) in [6.07, 6.45) is 1.47. The van der Waals surface area contributed by atoms with Crippen LogP contribution in [0.4, 0.5) is 5.82 Å². The maximum Gasteiger partial charge on any atom is 0.270 e. The summed E-state index contributed by atoms with van der Waals surface area (Å²) < 4.78 is 5.06. The van der Waals surface area contributed by atoms with Gasteiger partial charge in [-0.1, -0.05) is 0 Å². The molecule has 0 atom stereocenters. The fraction of sp³-hybridized carbons (Fsp3) is 0.100. The molecule has 0 saturated carbocycles. The summed E-state index contributed by atoms with van der Waals surface area (Å²) in [4.78, 5) is 20.0. The second-order valence-electron chi connectivity index (χ2n) is 2.98. The minimum Gasteiger partial charge on any atom is -0.495 e. The molecule has 0 fully saturated rings. The fourth-order valence-corrected chi connectivity index (χ4v) is 2.10. The van der Waals surface area contributed by atoms with Gasteiger partial charge in [0.05, 0.1) is 7.11 Å². The van der Waals surface area contributed by atoms with E-state index in [0.717, 1.165) is 0 Å². The second-order valence-corrected chi connectivity index (χ2v) is 4.24. The molecule has 0 saturated heterocycles. The first kappa shape index (κ1) is 11.8. The van der Waals surface area contributed by atoms with Crippen LogP contribution in [-0.4, -0.2) is 23.0 Å². The van der Waals surface area contributed by atoms with E-state index in [1.807, 2.05) is 0 Å². The van der Waals surface area contributed by atoms with Crippen LogP contribution in [0.2, 0.25) is 5.28 Å². The molecule has 0 spiro atoms. The number of methoxy groups -OCH3 is 1. The first-order valence-electron chi connectivity index (χ1n) is 4.62. The monoisotopic (exact) mass is 269 g/mol. The third kappa shape index (κ3) is 2.72. The second kappa shape index (κ2) is 5.11. The summed E-state index contributed by atoms with van der Waals surface area (Å²) in [5.41, 5.74) is 0. The number of hydrogen-bond donors (Lipinski definition) is 1. The van der Waals surface area contributed by atoms with Gasteiger partial charge in [-0.2, -0.15) is 0 Å². The Labute approximate surface area is 106 Å². The Kier molecular flexibility index (Phi) is 3.55. The lowest BCUT2D eigenvalue weighted by Gasteiger charge is -2.04. The van der Waals surface area contributed by atoms with Crippen molar-refractivity contribution in [1.82, 2.24) is 9.97 Å². The lowest BCUT2D eigenvalue weighted by atomic mass is 10.4. The van der Waals surface area contributed by atoms with Crippen molar-refractivity contribution in [1.29, 1.82) is 0 Å². The zero-order valence-corrected chi connectivity index (χ0v) is 10.4. The van der Waals surface area contributed by atoms with E-state index in [9.17, 15) is 4.79 Å². The molecule has 0 aromatic carbocycles. The first-order valence-corrected chi connectivity index (χ1v) is 5.88. The minimum atomic E-state index is -0.286. The van der Waals surface area contributed by atoms with Gasteiger partial charge in [-0.05, 0) is 29.1 Å². The van der Waals surface area contributed by atoms with Crippen LogP contribution in [0.15, 0.2) is 23.7 Å². The normalized spacial score (nSPS) is 10.0. The van der Waals surface area contributed by atoms with E-state index in [1.54, 1.807) is 17.5 Å². The number of hydrogen-bond acceptors (Lipinski definition) is 5. The number of carbonyl (C=O) groups excluding carboxylic acids is 1. The van der Waals surface area contributed by atoms with Crippen molar-refractivity contribution in [2.75, 3.05) is 12.4 Å². The molecular formula is C10H8ClN3O2S. The van der Waals surface area contributed by atoms with Gasteiger partial charge in [0.1, 0.15) is 16.4 Å². The van der Waals surface area contributed by atoms with Crippen molar-refractivity contribution >= 4 is 34.7 Å². The average Bonchev–Trinajstić information content (AvgIpc) is 2.77. The molecule has 0 bridgehead atoms. The minimum absolute atomic E-state index is 0.0842. The zero-order chi connectivity index (χ0) is 12.3. The maximum atomic E-state index is 11.9. The van der Waals surface area contributed by atoms with Gasteiger partial charge in [-0.25, -0.2) is 9.97 Å². The Balaban J connectivity index is 2.17. The molecule has 0 aliphatic carbocycles. The number of nitrogens with one attached hydrogen (secondary N) is 1. The molecule has 2 rings (SSSR count). The third-order valence-corrected chi connectivity index (χ3v) is 3.00. The summed E-state index contributed by atoms with van der Waals surface area (Å²) in [5, 5.41) is 4.48. The number of thiophene rings is 1. The highest BCUT2D eigenvalue weighted by Crippen LogP contribution is 2.25. The topological polar surface area (TPSA) is 64.1 Å². The number of rotatable bonds is 3. The van der Waals surface area contributed by atoms with Crippen molar-refractivity contribution in [3.05, 3.63) is 33.9 Å². The van der Waals surface area contributed by atoms with Gasteiger partial charge in [0.2, 0.25) is 5.28 Å². The van der Waals surface area contributed by atoms with Gasteiger partial charge >= 0.3 is 0 Å². The fourth-order valence-electron chi connectivity index (χ4n) is 1.20. The van der Waals surface area contributed by atoms with Gasteiger partial charge in [-0.3, -0.25) is 4.79 Å². The van der Waals surface area contributed by atoms with E-state index in [2.05, 4.69) is 15.3 Å². The van der Waals surface area contributed by atoms with E-state index < -0.39 is 0 Å². The largest absolute Gasteiger partial charge is 0.495 e. The van der Waals surface area contributed by atoms with Gasteiger partial charge in [0, 0.05) is 6.20 Å². The first-order chi connectivity index (χ1) is 8.20. The lowest BCUT2D eigenvalue weighted by Crippen LogP contribution is -2.12. The molecule has 0 aliphatic rings. The molecule has 2 aromatic rings. The molecule has 0 unspecified atom stereocenters. The highest BCUT2D eigenvalue weighted by atomic mass is 35.5. The molecule has 88 valence electrons. The van der Waals surface area contributed by atoms with Crippen LogP contribution < -0.4 is 10.1 Å². The van der Waals surface area contributed by atoms with Crippen LogP contribution in [0.1, 0.15) is 9.67 Å². The van der Waals surface area contributed by atoms with Crippen molar-refractivity contribution in [3.8, 4) is 5.75 Å². The van der Waals surface area contributed by atoms with E-state index in [-0.39, 0.29) is 11.2 Å². The Hall–Kier alpha value is -1.66. The number of carbonyl (C=O) groups is 1. The molecule has 2 aromatic heterocycles. The molecule has 0 aliphatic heterocycles. The quantitative estimate of drug-likeness (QED) is 0.870. The predicted molar refractivity (Wildman–Crippen MR) is 65.9 cm³/mol. The molecule has 7 heteroatoms. The smallest absolute Gasteiger partial charge is 0.270 e. The molecule has 2 heterocycles. The van der Waals surface area contributed by atoms with Crippen LogP contribution in [0.5, 0.6) is 5.75 Å². The van der Waals surface area contributed by atoms with Crippen molar-refractivity contribution < 1.29 is 9.53 Å². The van der Waals surface area contributed by atoms with Gasteiger partial charge < -0.3 is 10.1 Å². The number of amides is 1. The Morgan fingerprint density at radius 1 is 1.53 bits per heavy atom. The number of anilines is 1. The Morgan fingerprint density at radius 2 is 2.35 bits per heavy atom. The van der Waals surface area contributed by atoms with E-state index in [0.29, 0.717) is 16.4 Å². The molecule has 17 heavy (non-hydrogen) atoms. The van der Waals surface area contributed by atoms with E-state index in [1.165, 1.54) is 24.6 Å². The highest BCUT2D eigenvalue weighted by Gasteiger charge is 2.14. The van der Waals surface area contributed by atoms with Gasteiger partial charge in [-0.15, -0.1) is 11.3 Å². The Morgan fingerprint density at radius 3 is 3.06 bits per heavy atom. The predicted octanol–water partition coefficient (Wildman–Crippen LogP) is 2.45. The standard InChI is InChI=1S/C10H8ClN3O2S/c1-16-6-3-5-17-8(6)9(15)13-7-2-4-12-10(11)14-7/h2-5H,1H3,(H,12,13,14,15). The van der Waals surface area contributed by atoms with Crippen LogP contribution in [-0.2, 0) is 0 Å². The molecule has 0 radical (unpaired) electrons. The molecule has 1 amide bonds. The highest BCUT2D eigenvalue weighted by molar-refractivity contribution is 7.12.